The van der Waals surface area contributed by atoms with Gasteiger partial charge in [0.25, 0.3) is 11.8 Å². The van der Waals surface area contributed by atoms with Crippen LogP contribution in [-0.2, 0) is 19.2 Å². The number of nitrogens with zero attached hydrogens (tertiary/aromatic N) is 4. The molecule has 4 saturated heterocycles. The van der Waals surface area contributed by atoms with Gasteiger partial charge >= 0.3 is 0 Å². The number of benzene rings is 4. The lowest BCUT2D eigenvalue weighted by Crippen LogP contribution is -2.50. The van der Waals surface area contributed by atoms with Crippen molar-refractivity contribution >= 4 is 35.0 Å². The number of hydrogen-bond donors (Lipinski definition) is 0. The number of imide groups is 2. The average Bonchev–Trinajstić information content (AvgIpc) is 3.77. The molecule has 0 aliphatic carbocycles. The van der Waals surface area contributed by atoms with Crippen molar-refractivity contribution in [3.8, 4) is 11.5 Å². The van der Waals surface area contributed by atoms with Crippen LogP contribution in [0.15, 0.2) is 109 Å². The van der Waals surface area contributed by atoms with Crippen molar-refractivity contribution in [1.29, 1.82) is 0 Å². The molecular formula is C36H30N4O6. The van der Waals surface area contributed by atoms with Crippen molar-refractivity contribution in [3.05, 3.63) is 120 Å². The predicted octanol–water partition coefficient (Wildman–Crippen LogP) is 4.15. The number of amides is 4. The van der Waals surface area contributed by atoms with Crippen LogP contribution in [0, 0.1) is 11.8 Å². The van der Waals surface area contributed by atoms with Crippen LogP contribution in [0.5, 0.6) is 11.5 Å². The van der Waals surface area contributed by atoms with Crippen molar-refractivity contribution in [1.82, 2.24) is 10.0 Å². The molecule has 10 heteroatoms. The van der Waals surface area contributed by atoms with E-state index in [1.807, 2.05) is 70.7 Å². The number of carbonyl (C=O) groups is 4. The van der Waals surface area contributed by atoms with E-state index < -0.39 is 47.8 Å². The standard InChI is InChI=1S/C36H30N4O6/c1-45-25-17-13-23(14-18-25)37-33(41)27-29(21-9-5-3-6-10-21)40-32-28(30(22-11-7-4-8-12-22)39(40)31(27)35(37)43)34(42)38(36(32)44)24-15-19-26(46-2)20-16-24/h3-20,27-32H,1-2H3/t27-,28-,29+,30+,31-,32+/m0/s1. The van der Waals surface area contributed by atoms with Crippen LogP contribution >= 0.6 is 0 Å². The SMILES string of the molecule is COc1ccc(N2C(=O)[C@@H]3[C@@H](C2=O)N2[C@H](c4ccccc4)[C@@H]4C(=O)N(c5ccc(OC)cc5)C(=O)[C@@H]4N2[C@@H]3c2ccccc2)cc1. The zero-order valence-electron chi connectivity index (χ0n) is 25.1. The number of hydrogen-bond acceptors (Lipinski definition) is 8. The van der Waals surface area contributed by atoms with Gasteiger partial charge in [0.1, 0.15) is 23.6 Å². The number of methoxy groups -OCH3 is 2. The third-order valence-corrected chi connectivity index (χ3v) is 9.67. The normalized spacial score (nSPS) is 27.3. The van der Waals surface area contributed by atoms with Gasteiger partial charge in [-0.3, -0.25) is 19.2 Å². The Hall–Kier alpha value is -5.32. The first-order valence-corrected chi connectivity index (χ1v) is 15.1. The third-order valence-electron chi connectivity index (χ3n) is 9.67. The molecule has 0 unspecified atom stereocenters. The molecule has 0 spiro atoms. The summed E-state index contributed by atoms with van der Waals surface area (Å²) in [6.45, 7) is 0. The summed E-state index contributed by atoms with van der Waals surface area (Å²) in [5.74, 6) is -1.92. The maximum absolute atomic E-state index is 14.5. The minimum Gasteiger partial charge on any atom is -0.497 e. The van der Waals surface area contributed by atoms with Crippen LogP contribution in [-0.4, -0.2) is 59.9 Å². The van der Waals surface area contributed by atoms with Crippen molar-refractivity contribution in [2.75, 3.05) is 24.0 Å². The van der Waals surface area contributed by atoms with Gasteiger partial charge < -0.3 is 9.47 Å². The number of ether oxygens (including phenoxy) is 2. The van der Waals surface area contributed by atoms with Gasteiger partial charge in [-0.25, -0.2) is 19.8 Å². The fourth-order valence-electron chi connectivity index (χ4n) is 7.77. The van der Waals surface area contributed by atoms with E-state index in [1.54, 1.807) is 62.8 Å². The van der Waals surface area contributed by atoms with Gasteiger partial charge in [0, 0.05) is 0 Å². The minimum absolute atomic E-state index is 0.351. The fourth-order valence-corrected chi connectivity index (χ4v) is 7.77. The van der Waals surface area contributed by atoms with Gasteiger partial charge in [-0.15, -0.1) is 0 Å². The topological polar surface area (TPSA) is 99.7 Å². The highest BCUT2D eigenvalue weighted by Crippen LogP contribution is 2.59. The summed E-state index contributed by atoms with van der Waals surface area (Å²) in [5, 5.41) is 3.75. The molecular weight excluding hydrogens is 584 g/mol. The maximum Gasteiger partial charge on any atom is 0.253 e. The first kappa shape index (κ1) is 28.2. The van der Waals surface area contributed by atoms with Crippen molar-refractivity contribution < 1.29 is 28.7 Å². The lowest BCUT2D eigenvalue weighted by molar-refractivity contribution is -0.136. The number of fused-ring (bicyclic) bond motifs is 5. The van der Waals surface area contributed by atoms with E-state index in [-0.39, 0.29) is 11.8 Å². The highest BCUT2D eigenvalue weighted by molar-refractivity contribution is 6.26. The summed E-state index contributed by atoms with van der Waals surface area (Å²) in [5.41, 5.74) is 2.45. The summed E-state index contributed by atoms with van der Waals surface area (Å²) < 4.78 is 10.6. The first-order chi connectivity index (χ1) is 22.4. The molecule has 0 N–H and O–H groups in total. The molecule has 4 heterocycles. The van der Waals surface area contributed by atoms with E-state index in [0.29, 0.717) is 22.9 Å². The molecule has 230 valence electrons. The number of carbonyl (C=O) groups excluding carboxylic acids is 4. The summed E-state index contributed by atoms with van der Waals surface area (Å²) in [6, 6.07) is 29.3. The third kappa shape index (κ3) is 3.90. The Balaban J connectivity index is 1.29. The molecule has 6 atom stereocenters. The lowest BCUT2D eigenvalue weighted by Gasteiger charge is -2.35. The van der Waals surface area contributed by atoms with E-state index in [0.717, 1.165) is 11.1 Å². The molecule has 4 aromatic carbocycles. The number of rotatable bonds is 6. The quantitative estimate of drug-likeness (QED) is 0.299. The molecule has 0 saturated carbocycles. The van der Waals surface area contributed by atoms with Crippen LogP contribution in [0.4, 0.5) is 11.4 Å². The van der Waals surface area contributed by atoms with Gasteiger partial charge in [0.05, 0.1) is 49.5 Å². The van der Waals surface area contributed by atoms with Crippen LogP contribution in [0.3, 0.4) is 0 Å². The molecule has 0 bridgehead atoms. The summed E-state index contributed by atoms with van der Waals surface area (Å²) in [7, 11) is 3.11. The van der Waals surface area contributed by atoms with Gasteiger partial charge in [0.2, 0.25) is 11.8 Å². The van der Waals surface area contributed by atoms with Crippen LogP contribution < -0.4 is 19.3 Å². The molecule has 4 fully saturated rings. The van der Waals surface area contributed by atoms with Crippen LogP contribution in [0.1, 0.15) is 23.2 Å². The molecule has 4 amide bonds. The average molecular weight is 615 g/mol. The zero-order valence-corrected chi connectivity index (χ0v) is 25.1. The fraction of sp³-hybridized carbons (Fsp3) is 0.222. The van der Waals surface area contributed by atoms with E-state index >= 15 is 0 Å². The van der Waals surface area contributed by atoms with Crippen molar-refractivity contribution in [2.24, 2.45) is 11.8 Å². The van der Waals surface area contributed by atoms with Crippen LogP contribution in [0.25, 0.3) is 0 Å². The highest BCUT2D eigenvalue weighted by Gasteiger charge is 2.73. The van der Waals surface area contributed by atoms with Gasteiger partial charge in [-0.2, -0.15) is 0 Å². The van der Waals surface area contributed by atoms with Gasteiger partial charge in [-0.1, -0.05) is 60.7 Å². The molecule has 4 aliphatic rings. The Morgan fingerprint density at radius 1 is 0.435 bits per heavy atom. The Morgan fingerprint density at radius 3 is 1.11 bits per heavy atom. The lowest BCUT2D eigenvalue weighted by atomic mass is 9.84. The Morgan fingerprint density at radius 2 is 0.783 bits per heavy atom. The van der Waals surface area contributed by atoms with E-state index in [4.69, 9.17) is 9.47 Å². The predicted molar refractivity (Wildman–Crippen MR) is 168 cm³/mol. The molecule has 0 aromatic heterocycles. The minimum atomic E-state index is -0.925. The summed E-state index contributed by atoms with van der Waals surface area (Å²) in [6.07, 6.45) is 0. The highest BCUT2D eigenvalue weighted by atomic mass is 16.5. The number of hydrazine groups is 1. The molecule has 4 aromatic rings. The first-order valence-electron chi connectivity index (χ1n) is 15.1. The summed E-state index contributed by atoms with van der Waals surface area (Å²) >= 11 is 0. The molecule has 0 radical (unpaired) electrons. The molecule has 46 heavy (non-hydrogen) atoms. The van der Waals surface area contributed by atoms with Crippen LogP contribution in [0.2, 0.25) is 0 Å². The monoisotopic (exact) mass is 614 g/mol. The molecule has 4 aliphatic heterocycles. The Kier molecular flexibility index (Phi) is 6.52. The summed E-state index contributed by atoms with van der Waals surface area (Å²) in [4.78, 5) is 60.3. The number of anilines is 2. The molecule has 8 rings (SSSR count). The zero-order chi connectivity index (χ0) is 31.7. The second-order valence-electron chi connectivity index (χ2n) is 11.8. The smallest absolute Gasteiger partial charge is 0.253 e. The van der Waals surface area contributed by atoms with E-state index in [2.05, 4.69) is 0 Å². The second-order valence-corrected chi connectivity index (χ2v) is 11.8. The largest absolute Gasteiger partial charge is 0.497 e. The Labute approximate surface area is 265 Å². The maximum atomic E-state index is 14.5. The molecule has 10 nitrogen and oxygen atoms in total. The van der Waals surface area contributed by atoms with E-state index in [9.17, 15) is 19.2 Å². The van der Waals surface area contributed by atoms with E-state index in [1.165, 1.54) is 9.80 Å². The second kappa shape index (κ2) is 10.6. The van der Waals surface area contributed by atoms with Gasteiger partial charge in [-0.05, 0) is 59.7 Å². The Bertz CT molecular complexity index is 1710. The van der Waals surface area contributed by atoms with Crippen molar-refractivity contribution in [3.63, 3.8) is 0 Å². The van der Waals surface area contributed by atoms with Gasteiger partial charge in [0.15, 0.2) is 0 Å². The van der Waals surface area contributed by atoms with Crippen molar-refractivity contribution in [2.45, 2.75) is 24.2 Å².